The Hall–Kier alpha value is -1.44. The standard InChI is InChI=1S/C22H34NO6P.H3N/c24-22(23-16-21(17-23)29-30(25,26)27)12-5-4-9-19-10-6-11-20(15-19)28-14-13-18-7-2-1-3-8-18;/h6,10-11,15,18,21H,1-5,7-9,12-14,16-17H2,(H2,25,26,27);1H3. The Bertz CT molecular complexity index is 728. The van der Waals surface area contributed by atoms with Gasteiger partial charge in [-0.2, -0.15) is 0 Å². The monoisotopic (exact) mass is 456 g/mol. The number of likely N-dealkylation sites (tertiary alicyclic amines) is 1. The lowest BCUT2D eigenvalue weighted by molar-refractivity contribution is -0.140. The van der Waals surface area contributed by atoms with Gasteiger partial charge in [-0.1, -0.05) is 44.2 Å². The van der Waals surface area contributed by atoms with Crippen LogP contribution in [0, 0.1) is 5.92 Å². The van der Waals surface area contributed by atoms with Gasteiger partial charge in [0.1, 0.15) is 11.9 Å². The minimum absolute atomic E-state index is 0. The summed E-state index contributed by atoms with van der Waals surface area (Å²) in [6.45, 7) is 1.29. The number of benzene rings is 1. The second-order valence-corrected chi connectivity index (χ2v) is 9.70. The zero-order valence-corrected chi connectivity index (χ0v) is 19.2. The van der Waals surface area contributed by atoms with E-state index in [-0.39, 0.29) is 25.1 Å². The van der Waals surface area contributed by atoms with E-state index in [1.165, 1.54) is 37.7 Å². The molecule has 0 aromatic heterocycles. The van der Waals surface area contributed by atoms with Crippen molar-refractivity contribution in [3.8, 4) is 5.75 Å². The number of aryl methyl sites for hydroxylation is 1. The lowest BCUT2D eigenvalue weighted by atomic mass is 9.87. The normalized spacial score (nSPS) is 17.7. The molecule has 9 heteroatoms. The lowest BCUT2D eigenvalue weighted by Crippen LogP contribution is -2.54. The average Bonchev–Trinajstić information content (AvgIpc) is 2.68. The number of nitrogens with zero attached hydrogens (tertiary/aromatic N) is 1. The third-order valence-electron chi connectivity index (χ3n) is 6.01. The van der Waals surface area contributed by atoms with Crippen LogP contribution in [0.3, 0.4) is 0 Å². The molecule has 8 nitrogen and oxygen atoms in total. The SMILES string of the molecule is N.O=C(CCCCc1cccc(OCCC2CCCCC2)c1)N1CC(OP(=O)(O)O)C1. The van der Waals surface area contributed by atoms with Gasteiger partial charge >= 0.3 is 7.82 Å². The number of phosphoric acid groups is 1. The Balaban J connectivity index is 0.00000341. The van der Waals surface area contributed by atoms with Crippen LogP contribution in [0.25, 0.3) is 0 Å². The highest BCUT2D eigenvalue weighted by Crippen LogP contribution is 2.39. The topological polar surface area (TPSA) is 131 Å². The molecule has 2 fully saturated rings. The molecule has 1 aromatic carbocycles. The van der Waals surface area contributed by atoms with Gasteiger partial charge in [-0.3, -0.25) is 9.32 Å². The summed E-state index contributed by atoms with van der Waals surface area (Å²) >= 11 is 0. The van der Waals surface area contributed by atoms with Gasteiger partial charge in [-0.15, -0.1) is 0 Å². The quantitative estimate of drug-likeness (QED) is 0.335. The molecule has 3 rings (SSSR count). The van der Waals surface area contributed by atoms with E-state index in [1.54, 1.807) is 4.90 Å². The molecule has 0 bridgehead atoms. The van der Waals surface area contributed by atoms with E-state index in [0.29, 0.717) is 6.42 Å². The Labute approximate surface area is 185 Å². The third kappa shape index (κ3) is 9.29. The summed E-state index contributed by atoms with van der Waals surface area (Å²) in [5.74, 6) is 1.76. The van der Waals surface area contributed by atoms with Crippen molar-refractivity contribution in [1.29, 1.82) is 0 Å². The summed E-state index contributed by atoms with van der Waals surface area (Å²) < 4.78 is 21.3. The molecule has 1 heterocycles. The summed E-state index contributed by atoms with van der Waals surface area (Å²) in [5.41, 5.74) is 1.22. The summed E-state index contributed by atoms with van der Waals surface area (Å²) in [5, 5.41) is 0. The first kappa shape index (κ1) is 25.8. The summed E-state index contributed by atoms with van der Waals surface area (Å²) in [4.78, 5) is 31.2. The maximum Gasteiger partial charge on any atom is 0.469 e. The Kier molecular flexibility index (Phi) is 10.5. The molecule has 0 radical (unpaired) electrons. The van der Waals surface area contributed by atoms with Crippen LogP contribution in [0.2, 0.25) is 0 Å². The number of rotatable bonds is 11. The van der Waals surface area contributed by atoms with Crippen LogP contribution in [0.5, 0.6) is 5.75 Å². The molecular weight excluding hydrogens is 419 g/mol. The predicted octanol–water partition coefficient (Wildman–Crippen LogP) is 4.23. The molecule has 0 spiro atoms. The number of phosphoric ester groups is 1. The predicted molar refractivity (Wildman–Crippen MR) is 119 cm³/mol. The summed E-state index contributed by atoms with van der Waals surface area (Å²) in [6.07, 6.45) is 10.4. The molecule has 1 saturated carbocycles. The van der Waals surface area contributed by atoms with Crippen LogP contribution in [0.15, 0.2) is 24.3 Å². The van der Waals surface area contributed by atoms with Gasteiger partial charge in [0.2, 0.25) is 5.91 Å². The molecule has 1 aliphatic carbocycles. The van der Waals surface area contributed by atoms with Crippen LogP contribution in [0.4, 0.5) is 0 Å². The smallest absolute Gasteiger partial charge is 0.469 e. The molecule has 31 heavy (non-hydrogen) atoms. The number of carbonyl (C=O) groups is 1. The highest BCUT2D eigenvalue weighted by atomic mass is 31.2. The second-order valence-electron chi connectivity index (χ2n) is 8.51. The first-order valence-electron chi connectivity index (χ1n) is 11.1. The highest BCUT2D eigenvalue weighted by molar-refractivity contribution is 7.46. The number of hydrogen-bond acceptors (Lipinski definition) is 5. The molecule has 0 unspecified atom stereocenters. The lowest BCUT2D eigenvalue weighted by Gasteiger charge is -2.38. The zero-order valence-electron chi connectivity index (χ0n) is 18.3. The van der Waals surface area contributed by atoms with Gasteiger partial charge in [0.25, 0.3) is 0 Å². The summed E-state index contributed by atoms with van der Waals surface area (Å²) in [6, 6.07) is 8.23. The maximum absolute atomic E-state index is 12.1. The largest absolute Gasteiger partial charge is 0.494 e. The van der Waals surface area contributed by atoms with Crippen LogP contribution in [0.1, 0.15) is 63.4 Å². The van der Waals surface area contributed by atoms with Crippen LogP contribution in [-0.4, -0.2) is 46.4 Å². The van der Waals surface area contributed by atoms with Crippen molar-refractivity contribution >= 4 is 13.7 Å². The van der Waals surface area contributed by atoms with E-state index in [2.05, 4.69) is 16.7 Å². The molecule has 2 aliphatic rings. The number of hydrogen-bond donors (Lipinski definition) is 3. The van der Waals surface area contributed by atoms with Crippen molar-refractivity contribution in [2.45, 2.75) is 70.3 Å². The van der Waals surface area contributed by atoms with E-state index in [0.717, 1.165) is 44.0 Å². The van der Waals surface area contributed by atoms with Crippen molar-refractivity contribution < 1.29 is 28.4 Å². The minimum Gasteiger partial charge on any atom is -0.494 e. The van der Waals surface area contributed by atoms with E-state index in [4.69, 9.17) is 14.5 Å². The van der Waals surface area contributed by atoms with Crippen molar-refractivity contribution in [2.75, 3.05) is 19.7 Å². The van der Waals surface area contributed by atoms with Gasteiger partial charge in [0.15, 0.2) is 0 Å². The molecule has 1 aliphatic heterocycles. The first-order chi connectivity index (χ1) is 14.4. The van der Waals surface area contributed by atoms with Gasteiger partial charge in [-0.25, -0.2) is 4.57 Å². The van der Waals surface area contributed by atoms with Gasteiger partial charge < -0.3 is 25.6 Å². The molecule has 1 aromatic rings. The fourth-order valence-electron chi connectivity index (χ4n) is 4.28. The van der Waals surface area contributed by atoms with Crippen LogP contribution < -0.4 is 10.9 Å². The number of amides is 1. The van der Waals surface area contributed by atoms with Crippen LogP contribution >= 0.6 is 7.82 Å². The van der Waals surface area contributed by atoms with E-state index >= 15 is 0 Å². The van der Waals surface area contributed by atoms with Gasteiger partial charge in [0.05, 0.1) is 6.61 Å². The minimum atomic E-state index is -4.47. The number of ether oxygens (including phenoxy) is 1. The molecule has 5 N–H and O–H groups in total. The molecule has 1 saturated heterocycles. The van der Waals surface area contributed by atoms with Crippen molar-refractivity contribution in [3.05, 3.63) is 29.8 Å². The third-order valence-corrected chi connectivity index (χ3v) is 6.58. The number of carbonyl (C=O) groups excluding carboxylic acids is 1. The Morgan fingerprint density at radius 3 is 2.58 bits per heavy atom. The first-order valence-corrected chi connectivity index (χ1v) is 12.7. The second kappa shape index (κ2) is 12.6. The fourth-order valence-corrected chi connectivity index (χ4v) is 4.80. The zero-order chi connectivity index (χ0) is 21.4. The fraction of sp³-hybridized carbons (Fsp3) is 0.682. The molecule has 1 amide bonds. The summed E-state index contributed by atoms with van der Waals surface area (Å²) in [7, 11) is -4.47. The van der Waals surface area contributed by atoms with Gasteiger partial charge in [-0.05, 0) is 49.3 Å². The Morgan fingerprint density at radius 2 is 1.87 bits per heavy atom. The highest BCUT2D eigenvalue weighted by Gasteiger charge is 2.35. The van der Waals surface area contributed by atoms with E-state index in [1.807, 2.05) is 12.1 Å². The van der Waals surface area contributed by atoms with Crippen molar-refractivity contribution in [1.82, 2.24) is 11.1 Å². The van der Waals surface area contributed by atoms with Crippen LogP contribution in [-0.2, 0) is 20.3 Å². The number of unbranched alkanes of at least 4 members (excludes halogenated alkanes) is 1. The Morgan fingerprint density at radius 1 is 1.13 bits per heavy atom. The van der Waals surface area contributed by atoms with Gasteiger partial charge in [0, 0.05) is 19.5 Å². The average molecular weight is 457 g/mol. The van der Waals surface area contributed by atoms with Crippen molar-refractivity contribution in [3.63, 3.8) is 0 Å². The molecular formula is C22H37N2O6P. The van der Waals surface area contributed by atoms with E-state index < -0.39 is 13.9 Å². The molecule has 0 atom stereocenters. The molecule has 176 valence electrons. The maximum atomic E-state index is 12.1. The van der Waals surface area contributed by atoms with E-state index in [9.17, 15) is 9.36 Å². The van der Waals surface area contributed by atoms with Crippen molar-refractivity contribution in [2.24, 2.45) is 5.92 Å².